The first kappa shape index (κ1) is 26.9. The van der Waals surface area contributed by atoms with Crippen molar-refractivity contribution in [3.05, 3.63) is 67.4 Å². The minimum Gasteiger partial charge on any atom is -0.255 e. The van der Waals surface area contributed by atoms with Gasteiger partial charge in [0.15, 0.2) is 5.65 Å². The van der Waals surface area contributed by atoms with Crippen LogP contribution in [0.25, 0.3) is 22.2 Å². The summed E-state index contributed by atoms with van der Waals surface area (Å²) in [5.41, 5.74) is 3.44. The summed E-state index contributed by atoms with van der Waals surface area (Å²) in [6.07, 6.45) is 8.53. The highest BCUT2D eigenvalue weighted by Gasteiger charge is 1.90. The maximum absolute atomic E-state index is 4.12. The molecule has 0 fully saturated rings. The minimum atomic E-state index is 0. The van der Waals surface area contributed by atoms with Crippen LogP contribution < -0.4 is 0 Å². The van der Waals surface area contributed by atoms with Crippen LogP contribution in [0.5, 0.6) is 0 Å². The van der Waals surface area contributed by atoms with Gasteiger partial charge in [0.2, 0.25) is 0 Å². The highest BCUT2D eigenvalue weighted by atomic mass is 14.9. The van der Waals surface area contributed by atoms with Gasteiger partial charge in [0.25, 0.3) is 0 Å². The van der Waals surface area contributed by atoms with Crippen LogP contribution in [0.15, 0.2) is 67.4 Å². The molecule has 0 radical (unpaired) electrons. The molecular formula is C20H31N5. The van der Waals surface area contributed by atoms with Crippen LogP contribution in [0.4, 0.5) is 0 Å². The molecule has 4 aromatic rings. The van der Waals surface area contributed by atoms with E-state index in [1.807, 2.05) is 36.4 Å². The van der Waals surface area contributed by atoms with Gasteiger partial charge in [0.1, 0.15) is 5.52 Å². The second-order valence-electron chi connectivity index (χ2n) is 3.95. The predicted octanol–water partition coefficient (Wildman–Crippen LogP) is 5.84. The summed E-state index contributed by atoms with van der Waals surface area (Å²) in [5.74, 6) is 0. The lowest BCUT2D eigenvalue weighted by molar-refractivity contribution is 1.22. The molecule has 0 amide bonds. The molecule has 0 bridgehead atoms. The Hall–Kier alpha value is -2.95. The zero-order valence-electron chi connectivity index (χ0n) is 10.6. The molecule has 136 valence electrons. The Bertz CT molecular complexity index is 631. The molecule has 0 atom stereocenters. The number of aromatic nitrogens is 5. The fourth-order valence-corrected chi connectivity index (χ4v) is 1.71. The van der Waals surface area contributed by atoms with Crippen molar-refractivity contribution in [2.24, 2.45) is 0 Å². The third kappa shape index (κ3) is 6.99. The van der Waals surface area contributed by atoms with Gasteiger partial charge in [0, 0.05) is 31.0 Å². The van der Waals surface area contributed by atoms with Gasteiger partial charge in [-0.3, -0.25) is 15.0 Å². The first-order valence-electron chi connectivity index (χ1n) is 6.11. The molecule has 5 heteroatoms. The third-order valence-corrected chi connectivity index (χ3v) is 2.61. The van der Waals surface area contributed by atoms with E-state index in [0.29, 0.717) is 5.65 Å². The van der Waals surface area contributed by atoms with E-state index in [1.54, 1.807) is 31.0 Å². The van der Waals surface area contributed by atoms with Gasteiger partial charge in [-0.15, -0.1) is 0 Å². The van der Waals surface area contributed by atoms with E-state index >= 15 is 0 Å². The second kappa shape index (κ2) is 13.5. The van der Waals surface area contributed by atoms with Crippen molar-refractivity contribution in [3.8, 4) is 0 Å². The van der Waals surface area contributed by atoms with Crippen LogP contribution in [0.2, 0.25) is 0 Å². The average Bonchev–Trinajstić information content (AvgIpc) is 2.56. The highest BCUT2D eigenvalue weighted by Crippen LogP contribution is 2.04. The topological polar surface area (TPSA) is 64.5 Å². The zero-order valence-corrected chi connectivity index (χ0v) is 10.6. The Morgan fingerprint density at radius 2 is 0.760 bits per heavy atom. The standard InChI is InChI=1S/C8H6N2.C7H5N3.5CH4/c1-3-7-8(9-5-1)4-2-6-10-7;1-2-6-7(9-3-1)10-5-4-8-6;;;;;/h1-6H;1-5H;5*1H4. The molecule has 25 heavy (non-hydrogen) atoms. The number of hydrogen-bond acceptors (Lipinski definition) is 5. The largest absolute Gasteiger partial charge is 0.255 e. The zero-order chi connectivity index (χ0) is 13.6. The summed E-state index contributed by atoms with van der Waals surface area (Å²) in [6.45, 7) is 0. The molecule has 0 saturated carbocycles. The Balaban J connectivity index is -0.000000323. The van der Waals surface area contributed by atoms with Crippen LogP contribution in [0.1, 0.15) is 37.1 Å². The molecule has 5 nitrogen and oxygen atoms in total. The lowest BCUT2D eigenvalue weighted by atomic mass is 10.3. The predicted molar refractivity (Wildman–Crippen MR) is 111 cm³/mol. The molecule has 0 aliphatic heterocycles. The molecule has 0 spiro atoms. The Morgan fingerprint density at radius 1 is 0.400 bits per heavy atom. The summed E-state index contributed by atoms with van der Waals surface area (Å²) >= 11 is 0. The van der Waals surface area contributed by atoms with Crippen molar-refractivity contribution in [2.75, 3.05) is 0 Å². The van der Waals surface area contributed by atoms with E-state index < -0.39 is 0 Å². The smallest absolute Gasteiger partial charge is 0.178 e. The Labute approximate surface area is 152 Å². The number of fused-ring (bicyclic) bond motifs is 2. The van der Waals surface area contributed by atoms with Gasteiger partial charge in [-0.1, -0.05) is 37.1 Å². The lowest BCUT2D eigenvalue weighted by Crippen LogP contribution is -1.83. The van der Waals surface area contributed by atoms with E-state index in [4.69, 9.17) is 0 Å². The summed E-state index contributed by atoms with van der Waals surface area (Å²) < 4.78 is 0. The third-order valence-electron chi connectivity index (χ3n) is 2.61. The van der Waals surface area contributed by atoms with E-state index in [0.717, 1.165) is 16.6 Å². The minimum absolute atomic E-state index is 0. The molecule has 4 rings (SSSR count). The van der Waals surface area contributed by atoms with Gasteiger partial charge in [0.05, 0.1) is 11.0 Å². The number of hydrogen-bond donors (Lipinski definition) is 0. The van der Waals surface area contributed by atoms with E-state index in [9.17, 15) is 0 Å². The maximum atomic E-state index is 4.12. The first-order valence-corrected chi connectivity index (χ1v) is 6.11. The lowest BCUT2D eigenvalue weighted by Gasteiger charge is -1.90. The van der Waals surface area contributed by atoms with E-state index in [1.165, 1.54) is 0 Å². The van der Waals surface area contributed by atoms with Gasteiger partial charge >= 0.3 is 0 Å². The average molecular weight is 342 g/mol. The highest BCUT2D eigenvalue weighted by molar-refractivity contribution is 5.72. The molecule has 0 saturated heterocycles. The van der Waals surface area contributed by atoms with Crippen molar-refractivity contribution in [1.29, 1.82) is 0 Å². The SMILES string of the molecule is C.C.C.C.C.c1cnc2cccnc2c1.c1cnc2nccnc2c1. The molecule has 0 aliphatic rings. The number of nitrogens with zero attached hydrogens (tertiary/aromatic N) is 5. The normalized spacial score (nSPS) is 8.00. The molecule has 0 aromatic carbocycles. The van der Waals surface area contributed by atoms with Gasteiger partial charge in [-0.2, -0.15) is 0 Å². The molecule has 0 unspecified atom stereocenters. The molecule has 4 heterocycles. The van der Waals surface area contributed by atoms with Crippen LogP contribution in [-0.4, -0.2) is 24.9 Å². The second-order valence-corrected chi connectivity index (χ2v) is 3.95. The first-order chi connectivity index (χ1) is 9.93. The summed E-state index contributed by atoms with van der Waals surface area (Å²) in [7, 11) is 0. The molecule has 4 aromatic heterocycles. The van der Waals surface area contributed by atoms with Crippen LogP contribution >= 0.6 is 0 Å². The number of pyridine rings is 3. The summed E-state index contributed by atoms with van der Waals surface area (Å²) in [4.78, 5) is 20.3. The summed E-state index contributed by atoms with van der Waals surface area (Å²) in [5, 5.41) is 0. The van der Waals surface area contributed by atoms with E-state index in [-0.39, 0.29) is 37.1 Å². The van der Waals surface area contributed by atoms with Crippen molar-refractivity contribution < 1.29 is 0 Å². The van der Waals surface area contributed by atoms with Crippen molar-refractivity contribution in [3.63, 3.8) is 0 Å². The quantitative estimate of drug-likeness (QED) is 0.402. The van der Waals surface area contributed by atoms with Gasteiger partial charge in [-0.25, -0.2) is 9.97 Å². The van der Waals surface area contributed by atoms with Crippen molar-refractivity contribution >= 4 is 22.2 Å². The Kier molecular flexibility index (Phi) is 14.5. The fraction of sp³-hybridized carbons (Fsp3) is 0.250. The van der Waals surface area contributed by atoms with Crippen LogP contribution in [-0.2, 0) is 0 Å². The van der Waals surface area contributed by atoms with Crippen molar-refractivity contribution in [2.45, 2.75) is 37.1 Å². The molecule has 0 N–H and O–H groups in total. The van der Waals surface area contributed by atoms with Gasteiger partial charge in [-0.05, 0) is 36.4 Å². The van der Waals surface area contributed by atoms with Crippen molar-refractivity contribution in [1.82, 2.24) is 24.9 Å². The Morgan fingerprint density at radius 3 is 1.28 bits per heavy atom. The molecule has 0 aliphatic carbocycles. The van der Waals surface area contributed by atoms with Crippen LogP contribution in [0.3, 0.4) is 0 Å². The van der Waals surface area contributed by atoms with Gasteiger partial charge < -0.3 is 0 Å². The molecular weight excluding hydrogens is 310 g/mol. The monoisotopic (exact) mass is 341 g/mol. The fourth-order valence-electron chi connectivity index (χ4n) is 1.71. The van der Waals surface area contributed by atoms with Crippen LogP contribution in [0, 0.1) is 0 Å². The maximum Gasteiger partial charge on any atom is 0.178 e. The summed E-state index contributed by atoms with van der Waals surface area (Å²) in [6, 6.07) is 11.4. The van der Waals surface area contributed by atoms with E-state index in [2.05, 4.69) is 24.9 Å². The number of rotatable bonds is 0.